The maximum Gasteiger partial charge on any atom is 0.161 e. The van der Waals surface area contributed by atoms with Gasteiger partial charge in [-0.15, -0.1) is 0 Å². The van der Waals surface area contributed by atoms with Crippen molar-refractivity contribution in [2.75, 3.05) is 52.9 Å². The second-order valence-electron chi connectivity index (χ2n) is 30.3. The molecule has 0 aromatic heterocycles. The highest BCUT2D eigenvalue weighted by atomic mass is 16.5. The van der Waals surface area contributed by atoms with Gasteiger partial charge in [0.25, 0.3) is 0 Å². The summed E-state index contributed by atoms with van der Waals surface area (Å²) in [7, 11) is 0. The first-order chi connectivity index (χ1) is 50.4. The first-order valence-corrected chi connectivity index (χ1v) is 43.4. The average Bonchev–Trinajstić information content (AvgIpc) is 0.710. The average molecular weight is 1400 g/mol. The standard InChI is InChI=1S/C94H146O8/c1-9-17-25-33-41-49-57-95-87-67-79-75-65-77-78(66-76(75)80-68-88(96-58-50-42-34-26-18-10-2)92(100-62-54-46-38-30-22-14-6)72-84(80)83(79)71-91(87)99-61-53-45-37-29-21-13-5)82-70-90(98-60-52-44-36-28-20-12-4)94(102-64-56-48-40-32-24-16-8)74-86(82)85-73-93(101-63-55-47-39-31-23-15-7)89(69-81(77)85)97-59-51-43-35-27-19-11-3/h65-74H,9-64H2,1-8H3. The van der Waals surface area contributed by atoms with Crippen molar-refractivity contribution in [2.45, 2.75) is 364 Å². The van der Waals surface area contributed by atoms with Crippen LogP contribution in [0.15, 0.2) is 60.7 Å². The lowest BCUT2D eigenvalue weighted by atomic mass is 9.88. The van der Waals surface area contributed by atoms with Crippen LogP contribution in [0.3, 0.4) is 0 Å². The monoisotopic (exact) mass is 1400 g/mol. The smallest absolute Gasteiger partial charge is 0.161 e. The molecule has 0 radical (unpaired) electrons. The number of rotatable bonds is 64. The molecule has 8 heteroatoms. The lowest BCUT2D eigenvalue weighted by Crippen LogP contribution is -2.04. The zero-order chi connectivity index (χ0) is 71.9. The van der Waals surface area contributed by atoms with E-state index in [4.69, 9.17) is 37.9 Å². The van der Waals surface area contributed by atoms with Crippen LogP contribution in [0, 0.1) is 0 Å². The Labute approximate surface area is 622 Å². The van der Waals surface area contributed by atoms with Crippen LogP contribution in [0.4, 0.5) is 0 Å². The van der Waals surface area contributed by atoms with Crippen LogP contribution in [0.1, 0.15) is 364 Å². The van der Waals surface area contributed by atoms with Crippen LogP contribution in [-0.2, 0) is 0 Å². The van der Waals surface area contributed by atoms with Crippen LogP contribution >= 0.6 is 0 Å². The van der Waals surface area contributed by atoms with Crippen molar-refractivity contribution in [1.82, 2.24) is 0 Å². The molecule has 0 saturated carbocycles. The fourth-order valence-electron chi connectivity index (χ4n) is 14.9. The van der Waals surface area contributed by atoms with E-state index < -0.39 is 0 Å². The van der Waals surface area contributed by atoms with Crippen LogP contribution in [0.5, 0.6) is 46.0 Å². The van der Waals surface area contributed by atoms with E-state index in [-0.39, 0.29) is 0 Å². The van der Waals surface area contributed by atoms with Crippen molar-refractivity contribution in [3.8, 4) is 46.0 Å². The third-order valence-corrected chi connectivity index (χ3v) is 21.3. The third kappa shape index (κ3) is 28.4. The molecule has 7 aromatic carbocycles. The van der Waals surface area contributed by atoms with Gasteiger partial charge in [-0.1, -0.05) is 312 Å². The Balaban J connectivity index is 1.54. The number of hydrogen-bond acceptors (Lipinski definition) is 8. The van der Waals surface area contributed by atoms with Gasteiger partial charge in [0, 0.05) is 0 Å². The fraction of sp³-hybridized carbons (Fsp3) is 0.681. The molecule has 102 heavy (non-hydrogen) atoms. The fourth-order valence-corrected chi connectivity index (χ4v) is 14.9. The number of benzene rings is 7. The molecule has 0 amide bonds. The Morgan fingerprint density at radius 3 is 0.343 bits per heavy atom. The van der Waals surface area contributed by atoms with E-state index in [1.807, 2.05) is 0 Å². The largest absolute Gasteiger partial charge is 0.490 e. The molecule has 0 saturated heterocycles. The first-order valence-electron chi connectivity index (χ1n) is 43.4. The summed E-state index contributed by atoms with van der Waals surface area (Å²) in [6, 6.07) is 23.7. The molecule has 8 nitrogen and oxygen atoms in total. The zero-order valence-electron chi connectivity index (χ0n) is 66.6. The molecule has 0 heterocycles. The van der Waals surface area contributed by atoms with Crippen molar-refractivity contribution < 1.29 is 37.9 Å². The van der Waals surface area contributed by atoms with Crippen LogP contribution in [0.25, 0.3) is 64.6 Å². The molecule has 7 aromatic rings. The summed E-state index contributed by atoms with van der Waals surface area (Å²) in [5, 5.41) is 13.7. The highest BCUT2D eigenvalue weighted by Gasteiger charge is 2.23. The molecule has 0 spiro atoms. The Hall–Kier alpha value is -5.50. The minimum atomic E-state index is 0.643. The second kappa shape index (κ2) is 51.6. The molecule has 0 unspecified atom stereocenters. The third-order valence-electron chi connectivity index (χ3n) is 21.3. The predicted octanol–water partition coefficient (Wildman–Crippen LogP) is 30.5. The molecule has 0 atom stereocenters. The van der Waals surface area contributed by atoms with Crippen LogP contribution in [0.2, 0.25) is 0 Å². The number of hydrogen-bond donors (Lipinski definition) is 0. The minimum absolute atomic E-state index is 0.643. The molecule has 0 bridgehead atoms. The minimum Gasteiger partial charge on any atom is -0.490 e. The van der Waals surface area contributed by atoms with E-state index in [9.17, 15) is 0 Å². The summed E-state index contributed by atoms with van der Waals surface area (Å²) >= 11 is 0. The highest BCUT2D eigenvalue weighted by Crippen LogP contribution is 2.50. The lowest BCUT2D eigenvalue weighted by molar-refractivity contribution is 0.259. The topological polar surface area (TPSA) is 73.8 Å². The quantitative estimate of drug-likeness (QED) is 0.0212. The molecule has 0 N–H and O–H groups in total. The Bertz CT molecular complexity index is 2940. The summed E-state index contributed by atoms with van der Waals surface area (Å²) in [5.74, 6) is 6.57. The maximum absolute atomic E-state index is 7.05. The molecule has 570 valence electrons. The molecule has 0 aliphatic rings. The summed E-state index contributed by atoms with van der Waals surface area (Å²) in [5.41, 5.74) is 0. The van der Waals surface area contributed by atoms with Crippen molar-refractivity contribution in [1.29, 1.82) is 0 Å². The maximum atomic E-state index is 7.05. The van der Waals surface area contributed by atoms with Crippen LogP contribution < -0.4 is 37.9 Å². The van der Waals surface area contributed by atoms with Crippen LogP contribution in [-0.4, -0.2) is 52.9 Å². The predicted molar refractivity (Wildman–Crippen MR) is 442 cm³/mol. The number of unbranched alkanes of at least 4 members (excludes halogenated alkanes) is 40. The molecule has 0 aliphatic carbocycles. The molecule has 0 aliphatic heterocycles. The Morgan fingerprint density at radius 2 is 0.225 bits per heavy atom. The van der Waals surface area contributed by atoms with Gasteiger partial charge in [0.1, 0.15) is 0 Å². The Kier molecular flexibility index (Phi) is 42.4. The van der Waals surface area contributed by atoms with Gasteiger partial charge in [-0.3, -0.25) is 0 Å². The van der Waals surface area contributed by atoms with E-state index in [0.717, 1.165) is 213 Å². The van der Waals surface area contributed by atoms with E-state index in [0.29, 0.717) is 52.9 Å². The highest BCUT2D eigenvalue weighted by molar-refractivity contribution is 6.33. The molecule has 7 rings (SSSR count). The summed E-state index contributed by atoms with van der Waals surface area (Å²) in [4.78, 5) is 0. The normalized spacial score (nSPS) is 11.8. The summed E-state index contributed by atoms with van der Waals surface area (Å²) in [6.45, 7) is 23.5. The zero-order valence-corrected chi connectivity index (χ0v) is 66.6. The van der Waals surface area contributed by atoms with Gasteiger partial charge in [0.2, 0.25) is 0 Å². The number of ether oxygens (including phenoxy) is 8. The van der Waals surface area contributed by atoms with Gasteiger partial charge >= 0.3 is 0 Å². The van der Waals surface area contributed by atoms with Crippen molar-refractivity contribution in [2.24, 2.45) is 0 Å². The van der Waals surface area contributed by atoms with Crippen molar-refractivity contribution in [3.05, 3.63) is 60.7 Å². The van der Waals surface area contributed by atoms with Gasteiger partial charge in [-0.2, -0.15) is 0 Å². The van der Waals surface area contributed by atoms with Gasteiger partial charge < -0.3 is 37.9 Å². The van der Waals surface area contributed by atoms with Gasteiger partial charge in [-0.25, -0.2) is 0 Å². The SMILES string of the molecule is CCCCCCCCOc1cc2c3cc(OCCCCCCCC)c(OCCCCCCCC)cc3c3cc4c5cc(OCCCCCCCC)c(OCCCCCCCC)cc5c5cc(OCCCCCCCC)c(OCCCCCCCC)cc5c4cc3c2cc1OCCCCCCCC. The summed E-state index contributed by atoms with van der Waals surface area (Å²) < 4.78 is 56.3. The second-order valence-corrected chi connectivity index (χ2v) is 30.3. The summed E-state index contributed by atoms with van der Waals surface area (Å²) in [6.07, 6.45) is 57.6. The Morgan fingerprint density at radius 1 is 0.127 bits per heavy atom. The number of fused-ring (bicyclic) bond motifs is 12. The molecule has 0 fully saturated rings. The van der Waals surface area contributed by atoms with Crippen molar-refractivity contribution in [3.63, 3.8) is 0 Å². The van der Waals surface area contributed by atoms with E-state index in [1.165, 1.54) is 205 Å². The van der Waals surface area contributed by atoms with E-state index >= 15 is 0 Å². The molecular weight excluding hydrogens is 1260 g/mol. The molecular formula is C94H146O8. The van der Waals surface area contributed by atoms with Gasteiger partial charge in [0.05, 0.1) is 52.9 Å². The lowest BCUT2D eigenvalue weighted by Gasteiger charge is -2.21. The van der Waals surface area contributed by atoms with Gasteiger partial charge in [-0.05, 0) is 177 Å². The van der Waals surface area contributed by atoms with E-state index in [2.05, 4.69) is 116 Å². The van der Waals surface area contributed by atoms with E-state index in [1.54, 1.807) is 0 Å². The first kappa shape index (κ1) is 83.8. The van der Waals surface area contributed by atoms with Crippen molar-refractivity contribution >= 4 is 64.6 Å². The van der Waals surface area contributed by atoms with Gasteiger partial charge in [0.15, 0.2) is 46.0 Å².